The van der Waals surface area contributed by atoms with Crippen molar-refractivity contribution in [3.05, 3.63) is 202 Å². The Morgan fingerprint density at radius 2 is 0.967 bits per heavy atom. The van der Waals surface area contributed by atoms with E-state index in [-0.39, 0.29) is 10.3 Å². The first kappa shape index (κ1) is 44.6. The second-order valence-electron chi connectivity index (χ2n) is 15.1. The molecule has 60 heavy (non-hydrogen) atoms. The summed E-state index contributed by atoms with van der Waals surface area (Å²) in [6.45, 7) is 6.24. The van der Waals surface area contributed by atoms with Crippen LogP contribution in [0.3, 0.4) is 0 Å². The number of aryl methyl sites for hydroxylation is 4. The maximum absolute atomic E-state index is 12.7. The largest absolute Gasteiger partial charge is 0.478 e. The van der Waals surface area contributed by atoms with E-state index in [1.165, 1.54) is 6.08 Å². The van der Waals surface area contributed by atoms with E-state index in [0.717, 1.165) is 38.8 Å². The van der Waals surface area contributed by atoms with Crippen LogP contribution < -0.4 is 9.44 Å². The Bertz CT molecular complexity index is 2640. The highest BCUT2D eigenvalue weighted by Gasteiger charge is 2.18. The van der Waals surface area contributed by atoms with Crippen molar-refractivity contribution >= 4 is 49.4 Å². The number of anilines is 2. The average Bonchev–Trinajstić information content (AvgIpc) is 3.23. The summed E-state index contributed by atoms with van der Waals surface area (Å²) in [4.78, 5) is 22.8. The third-order valence-electron chi connectivity index (χ3n) is 9.55. The van der Waals surface area contributed by atoms with Gasteiger partial charge in [-0.25, -0.2) is 26.4 Å². The molecule has 10 nitrogen and oxygen atoms in total. The van der Waals surface area contributed by atoms with Crippen molar-refractivity contribution in [1.29, 1.82) is 0 Å². The highest BCUT2D eigenvalue weighted by Crippen LogP contribution is 2.25. The van der Waals surface area contributed by atoms with Gasteiger partial charge in [-0.2, -0.15) is 0 Å². The van der Waals surface area contributed by atoms with Gasteiger partial charge < -0.3 is 10.2 Å². The van der Waals surface area contributed by atoms with Crippen molar-refractivity contribution in [2.75, 3.05) is 9.44 Å². The zero-order valence-corrected chi connectivity index (χ0v) is 35.2. The minimum absolute atomic E-state index is 0.0451. The van der Waals surface area contributed by atoms with E-state index in [4.69, 9.17) is 0 Å². The lowest BCUT2D eigenvalue weighted by Gasteiger charge is -2.19. The molecule has 6 aromatic rings. The number of carbonyl (C=O) groups is 2. The lowest BCUT2D eigenvalue weighted by molar-refractivity contribution is 0.0684. The normalized spacial score (nSPS) is 11.7. The van der Waals surface area contributed by atoms with Crippen LogP contribution in [0, 0.1) is 0 Å². The molecule has 0 aromatic heterocycles. The molecule has 0 radical (unpaired) electrons. The molecular formula is C48H48N2O8S2. The molecule has 310 valence electrons. The molecule has 6 aromatic carbocycles. The summed E-state index contributed by atoms with van der Waals surface area (Å²) in [5.41, 5.74) is 6.93. The lowest BCUT2D eigenvalue weighted by atomic mass is 9.87. The smallest absolute Gasteiger partial charge is 0.335 e. The Kier molecular flexibility index (Phi) is 14.8. The van der Waals surface area contributed by atoms with Gasteiger partial charge in [-0.1, -0.05) is 124 Å². The Morgan fingerprint density at radius 1 is 0.533 bits per heavy atom. The van der Waals surface area contributed by atoms with E-state index >= 15 is 0 Å². The van der Waals surface area contributed by atoms with Gasteiger partial charge in [0.1, 0.15) is 0 Å². The van der Waals surface area contributed by atoms with Crippen molar-refractivity contribution < 1.29 is 36.6 Å². The summed E-state index contributed by atoms with van der Waals surface area (Å²) in [5.74, 6) is -1.87. The highest BCUT2D eigenvalue weighted by atomic mass is 32.2. The molecule has 6 rings (SSSR count). The number of nitrogens with one attached hydrogen (secondary N) is 2. The molecule has 12 heteroatoms. The number of benzene rings is 6. The third kappa shape index (κ3) is 13.3. The number of sulfonamides is 2. The number of hydrogen-bond donors (Lipinski definition) is 4. The van der Waals surface area contributed by atoms with Crippen molar-refractivity contribution in [2.45, 2.75) is 56.8 Å². The molecule has 4 N–H and O–H groups in total. The van der Waals surface area contributed by atoms with Crippen LogP contribution in [0.2, 0.25) is 0 Å². The fraction of sp³-hybridized carbons (Fsp3) is 0.167. The van der Waals surface area contributed by atoms with Crippen LogP contribution >= 0.6 is 0 Å². The molecule has 0 bridgehead atoms. The number of aromatic carboxylic acids is 2. The van der Waals surface area contributed by atoms with Crippen LogP contribution in [0.25, 0.3) is 6.08 Å². The first-order chi connectivity index (χ1) is 28.5. The third-order valence-corrected chi connectivity index (χ3v) is 12.0. The van der Waals surface area contributed by atoms with E-state index in [0.29, 0.717) is 48.2 Å². The van der Waals surface area contributed by atoms with E-state index in [9.17, 15) is 36.6 Å². The van der Waals surface area contributed by atoms with E-state index in [1.54, 1.807) is 60.7 Å². The summed E-state index contributed by atoms with van der Waals surface area (Å²) >= 11 is 0. The number of carboxylic acid groups (broad SMARTS) is 2. The highest BCUT2D eigenvalue weighted by molar-refractivity contribution is 7.95. The predicted molar refractivity (Wildman–Crippen MR) is 238 cm³/mol. The van der Waals surface area contributed by atoms with Gasteiger partial charge in [0, 0.05) is 11.4 Å². The molecule has 0 saturated carbocycles. The fourth-order valence-corrected chi connectivity index (χ4v) is 8.14. The van der Waals surface area contributed by atoms with Gasteiger partial charge in [0.2, 0.25) is 0 Å². The fourth-order valence-electron chi connectivity index (χ4n) is 6.21. The van der Waals surface area contributed by atoms with Crippen LogP contribution in [0.4, 0.5) is 11.4 Å². The van der Waals surface area contributed by atoms with Crippen LogP contribution in [0.1, 0.15) is 74.9 Å². The van der Waals surface area contributed by atoms with Crippen LogP contribution in [-0.4, -0.2) is 39.0 Å². The number of hydrogen-bond acceptors (Lipinski definition) is 6. The van der Waals surface area contributed by atoms with Gasteiger partial charge in [0.15, 0.2) is 0 Å². The summed E-state index contributed by atoms with van der Waals surface area (Å²) in [5, 5.41) is 19.7. The molecule has 0 saturated heterocycles. The first-order valence-corrected chi connectivity index (χ1v) is 22.2. The molecule has 0 aliphatic carbocycles. The second-order valence-corrected chi connectivity index (χ2v) is 18.3. The molecule has 0 spiro atoms. The first-order valence-electron chi connectivity index (χ1n) is 19.2. The van der Waals surface area contributed by atoms with Crippen LogP contribution in [0.5, 0.6) is 0 Å². The lowest BCUT2D eigenvalue weighted by Crippen LogP contribution is -2.15. The maximum atomic E-state index is 12.7. The Hall–Kier alpha value is -6.50. The molecule has 0 heterocycles. The maximum Gasteiger partial charge on any atom is 0.335 e. The number of carboxylic acids is 2. The van der Waals surface area contributed by atoms with Crippen molar-refractivity contribution in [3.63, 3.8) is 0 Å². The Balaban J connectivity index is 0.000000228. The molecule has 0 fully saturated rings. The van der Waals surface area contributed by atoms with E-state index < -0.39 is 32.0 Å². The SMILES string of the molecule is CC(C)(C)c1ccc(S(=O)(=O)Nc2ccc(CCc3ccccc3C(=O)O)cc2)cc1.O=C(O)c1ccccc1CCc1ccc(NS(=O)(=O)/C=C/c2ccccc2)cc1. The summed E-state index contributed by atoms with van der Waals surface area (Å²) in [7, 11) is -7.29. The van der Waals surface area contributed by atoms with Gasteiger partial charge in [0.05, 0.1) is 21.4 Å². The van der Waals surface area contributed by atoms with Crippen molar-refractivity contribution in [3.8, 4) is 0 Å². The summed E-state index contributed by atoms with van der Waals surface area (Å²) in [6, 6.07) is 44.2. The monoisotopic (exact) mass is 844 g/mol. The van der Waals surface area contributed by atoms with Gasteiger partial charge in [0.25, 0.3) is 20.0 Å². The van der Waals surface area contributed by atoms with Gasteiger partial charge in [-0.3, -0.25) is 9.44 Å². The predicted octanol–water partition coefficient (Wildman–Crippen LogP) is 9.85. The van der Waals surface area contributed by atoms with Crippen LogP contribution in [-0.2, 0) is 51.1 Å². The average molecular weight is 845 g/mol. The zero-order valence-electron chi connectivity index (χ0n) is 33.6. The Morgan fingerprint density at radius 3 is 1.42 bits per heavy atom. The van der Waals surface area contributed by atoms with Gasteiger partial charge in [-0.05, 0) is 119 Å². The summed E-state index contributed by atoms with van der Waals surface area (Å²) in [6.07, 6.45) is 4.04. The standard InChI is InChI=1S/C25H27NO4S.C23H21NO4S/c1-25(2,3)20-12-16-22(17-13-20)31(29,30)26-21-14-9-18(10-15-21)8-11-19-6-4-5-7-23(19)24(27)28;25-23(26)22-9-5-4-8-20(22)13-10-19-11-14-21(15-12-19)24-29(27,28)17-16-18-6-2-1-3-7-18/h4-7,9-10,12-17,26H,8,11H2,1-3H3,(H,27,28);1-9,11-12,14-17,24H,10,13H2,(H,25,26)/b;17-16+. The van der Waals surface area contributed by atoms with Gasteiger partial charge >= 0.3 is 11.9 Å². The quantitative estimate of drug-likeness (QED) is 0.0793. The van der Waals surface area contributed by atoms with Crippen LogP contribution in [0.15, 0.2) is 162 Å². The minimum Gasteiger partial charge on any atom is -0.478 e. The molecule has 0 aliphatic heterocycles. The minimum atomic E-state index is -3.67. The van der Waals surface area contributed by atoms with E-state index in [1.807, 2.05) is 91.0 Å². The van der Waals surface area contributed by atoms with Crippen molar-refractivity contribution in [2.24, 2.45) is 0 Å². The second kappa shape index (κ2) is 20.0. The van der Waals surface area contributed by atoms with E-state index in [2.05, 4.69) is 30.2 Å². The molecule has 0 aliphatic rings. The summed E-state index contributed by atoms with van der Waals surface area (Å²) < 4.78 is 55.0. The molecule has 0 unspecified atom stereocenters. The molecule has 0 atom stereocenters. The number of rotatable bonds is 15. The Labute approximate surface area is 352 Å². The zero-order chi connectivity index (χ0) is 43.3. The van der Waals surface area contributed by atoms with Crippen molar-refractivity contribution in [1.82, 2.24) is 0 Å². The van der Waals surface area contributed by atoms with Gasteiger partial charge in [-0.15, -0.1) is 0 Å². The molecule has 0 amide bonds. The molecular weight excluding hydrogens is 797 g/mol. The topological polar surface area (TPSA) is 167 Å².